The molecule has 0 saturated carbocycles. The number of thiazole rings is 1. The number of nitrogens with zero attached hydrogens (tertiary/aromatic N) is 1. The zero-order valence-corrected chi connectivity index (χ0v) is 11.9. The fourth-order valence-electron chi connectivity index (χ4n) is 1.83. The fourth-order valence-corrected chi connectivity index (χ4v) is 2.49. The molecule has 1 aromatic heterocycles. The van der Waals surface area contributed by atoms with Crippen molar-refractivity contribution in [2.24, 2.45) is 5.73 Å². The predicted molar refractivity (Wildman–Crippen MR) is 78.5 cm³/mol. The molecule has 1 aromatic carbocycles. The van der Waals surface area contributed by atoms with Crippen molar-refractivity contribution >= 4 is 22.9 Å². The Labute approximate surface area is 116 Å². The van der Waals surface area contributed by atoms with Gasteiger partial charge in [-0.15, -0.1) is 11.3 Å². The minimum atomic E-state index is -0.193. The third-order valence-electron chi connectivity index (χ3n) is 2.95. The molecule has 4 nitrogen and oxygen atoms in total. The Morgan fingerprint density at radius 3 is 2.89 bits per heavy atom. The summed E-state index contributed by atoms with van der Waals surface area (Å²) >= 11 is 1.40. The molecule has 0 spiro atoms. The maximum absolute atomic E-state index is 12.0. The second kappa shape index (κ2) is 5.95. The summed E-state index contributed by atoms with van der Waals surface area (Å²) in [5.74, 6) is -0.193. The maximum Gasteiger partial charge on any atom is 0.275 e. The molecule has 0 bridgehead atoms. The van der Waals surface area contributed by atoms with Crippen LogP contribution in [-0.2, 0) is 13.0 Å². The van der Waals surface area contributed by atoms with Crippen molar-refractivity contribution in [2.45, 2.75) is 26.8 Å². The van der Waals surface area contributed by atoms with Crippen LogP contribution < -0.4 is 11.1 Å². The third kappa shape index (κ3) is 3.19. The largest absolute Gasteiger partial charge is 0.325 e. The minimum absolute atomic E-state index is 0.193. The quantitative estimate of drug-likeness (QED) is 0.901. The van der Waals surface area contributed by atoms with Crippen LogP contribution in [0.15, 0.2) is 23.6 Å². The van der Waals surface area contributed by atoms with Crippen molar-refractivity contribution in [1.82, 2.24) is 4.98 Å². The van der Waals surface area contributed by atoms with Gasteiger partial charge >= 0.3 is 0 Å². The second-order valence-electron chi connectivity index (χ2n) is 4.28. The highest BCUT2D eigenvalue weighted by atomic mass is 32.1. The highest BCUT2D eigenvalue weighted by molar-refractivity contribution is 7.09. The Bertz CT molecular complexity index is 592. The molecule has 1 heterocycles. The number of benzene rings is 1. The van der Waals surface area contributed by atoms with Crippen molar-refractivity contribution in [1.29, 1.82) is 0 Å². The van der Waals surface area contributed by atoms with Crippen molar-refractivity contribution in [3.63, 3.8) is 0 Å². The standard InChI is InChI=1S/C14H17N3OS/c1-3-10-6-11(5-4-9(10)2)16-14(18)12-8-19-13(7-15)17-12/h4-6,8H,3,7,15H2,1-2H3,(H,16,18). The van der Waals surface area contributed by atoms with Crippen molar-refractivity contribution in [2.75, 3.05) is 5.32 Å². The molecule has 3 N–H and O–H groups in total. The van der Waals surface area contributed by atoms with Crippen molar-refractivity contribution in [3.8, 4) is 0 Å². The summed E-state index contributed by atoms with van der Waals surface area (Å²) < 4.78 is 0. The van der Waals surface area contributed by atoms with Gasteiger partial charge in [0.25, 0.3) is 5.91 Å². The summed E-state index contributed by atoms with van der Waals surface area (Å²) in [4.78, 5) is 16.2. The van der Waals surface area contributed by atoms with Crippen LogP contribution >= 0.6 is 11.3 Å². The van der Waals surface area contributed by atoms with Gasteiger partial charge in [-0.3, -0.25) is 4.79 Å². The van der Waals surface area contributed by atoms with Gasteiger partial charge in [-0.1, -0.05) is 13.0 Å². The van der Waals surface area contributed by atoms with Crippen LogP contribution in [0.3, 0.4) is 0 Å². The van der Waals surface area contributed by atoms with E-state index in [2.05, 4.69) is 24.1 Å². The maximum atomic E-state index is 12.0. The van der Waals surface area contributed by atoms with Crippen molar-refractivity contribution < 1.29 is 4.79 Å². The van der Waals surface area contributed by atoms with E-state index >= 15 is 0 Å². The lowest BCUT2D eigenvalue weighted by Gasteiger charge is -2.07. The number of anilines is 1. The molecule has 0 atom stereocenters. The molecule has 0 aliphatic heterocycles. The molecular weight excluding hydrogens is 258 g/mol. The van der Waals surface area contributed by atoms with Crippen LogP contribution in [0, 0.1) is 6.92 Å². The SMILES string of the molecule is CCc1cc(NC(=O)c2csc(CN)n2)ccc1C. The van der Waals surface area contributed by atoms with Crippen LogP contribution in [0.5, 0.6) is 0 Å². The lowest BCUT2D eigenvalue weighted by Crippen LogP contribution is -2.13. The molecule has 0 fully saturated rings. The summed E-state index contributed by atoms with van der Waals surface area (Å²) in [7, 11) is 0. The van der Waals surface area contributed by atoms with E-state index in [-0.39, 0.29) is 5.91 Å². The molecule has 0 saturated heterocycles. The van der Waals surface area contributed by atoms with Gasteiger partial charge in [0.1, 0.15) is 10.7 Å². The van der Waals surface area contributed by atoms with Crippen LogP contribution in [0.25, 0.3) is 0 Å². The molecule has 0 aliphatic carbocycles. The zero-order valence-electron chi connectivity index (χ0n) is 11.1. The molecule has 2 rings (SSSR count). The molecule has 0 radical (unpaired) electrons. The Kier molecular flexibility index (Phi) is 4.29. The second-order valence-corrected chi connectivity index (χ2v) is 5.22. The van der Waals surface area contributed by atoms with E-state index in [0.717, 1.165) is 17.1 Å². The molecule has 5 heteroatoms. The van der Waals surface area contributed by atoms with Crippen molar-refractivity contribution in [3.05, 3.63) is 45.4 Å². The summed E-state index contributed by atoms with van der Waals surface area (Å²) in [6.45, 7) is 4.53. The predicted octanol–water partition coefficient (Wildman–Crippen LogP) is 2.72. The number of hydrogen-bond acceptors (Lipinski definition) is 4. The monoisotopic (exact) mass is 275 g/mol. The zero-order chi connectivity index (χ0) is 13.8. The van der Waals surface area contributed by atoms with Crippen LogP contribution in [-0.4, -0.2) is 10.9 Å². The summed E-state index contributed by atoms with van der Waals surface area (Å²) in [6.07, 6.45) is 0.948. The Morgan fingerprint density at radius 2 is 2.26 bits per heavy atom. The topological polar surface area (TPSA) is 68.0 Å². The average molecular weight is 275 g/mol. The third-order valence-corrected chi connectivity index (χ3v) is 3.82. The number of carbonyl (C=O) groups excluding carboxylic acids is 1. The van der Waals surface area contributed by atoms with Gasteiger partial charge < -0.3 is 11.1 Å². The van der Waals surface area contributed by atoms with Gasteiger partial charge in [-0.25, -0.2) is 4.98 Å². The number of aryl methyl sites for hydroxylation is 2. The smallest absolute Gasteiger partial charge is 0.275 e. The number of rotatable bonds is 4. The van der Waals surface area contributed by atoms with Crippen LogP contribution in [0.1, 0.15) is 33.5 Å². The van der Waals surface area contributed by atoms with E-state index in [1.54, 1.807) is 5.38 Å². The number of hydrogen-bond donors (Lipinski definition) is 2. The number of amides is 1. The number of carbonyl (C=O) groups is 1. The number of nitrogens with two attached hydrogens (primary N) is 1. The van der Waals surface area contributed by atoms with E-state index in [1.807, 2.05) is 18.2 Å². The van der Waals surface area contributed by atoms with E-state index in [1.165, 1.54) is 22.5 Å². The molecule has 0 aliphatic rings. The first-order valence-electron chi connectivity index (χ1n) is 6.19. The lowest BCUT2D eigenvalue weighted by atomic mass is 10.1. The van der Waals surface area contributed by atoms with E-state index in [4.69, 9.17) is 5.73 Å². The average Bonchev–Trinajstić information content (AvgIpc) is 2.90. The summed E-state index contributed by atoms with van der Waals surface area (Å²) in [5.41, 5.74) is 9.18. The van der Waals surface area contributed by atoms with Gasteiger partial charge in [0.05, 0.1) is 0 Å². The molecular formula is C14H17N3OS. The van der Waals surface area contributed by atoms with Gasteiger partial charge in [0.15, 0.2) is 0 Å². The fraction of sp³-hybridized carbons (Fsp3) is 0.286. The number of nitrogens with one attached hydrogen (secondary N) is 1. The molecule has 100 valence electrons. The lowest BCUT2D eigenvalue weighted by molar-refractivity contribution is 0.102. The first-order valence-corrected chi connectivity index (χ1v) is 7.07. The van der Waals surface area contributed by atoms with Gasteiger partial charge in [0, 0.05) is 17.6 Å². The first-order chi connectivity index (χ1) is 9.13. The van der Waals surface area contributed by atoms with E-state index < -0.39 is 0 Å². The van der Waals surface area contributed by atoms with Gasteiger partial charge in [-0.05, 0) is 36.6 Å². The van der Waals surface area contributed by atoms with Crippen LogP contribution in [0.4, 0.5) is 5.69 Å². The first kappa shape index (κ1) is 13.7. The Hall–Kier alpha value is -1.72. The Morgan fingerprint density at radius 1 is 1.47 bits per heavy atom. The molecule has 19 heavy (non-hydrogen) atoms. The molecule has 0 unspecified atom stereocenters. The Balaban J connectivity index is 2.14. The highest BCUT2D eigenvalue weighted by Crippen LogP contribution is 2.17. The highest BCUT2D eigenvalue weighted by Gasteiger charge is 2.10. The normalized spacial score (nSPS) is 10.5. The molecule has 2 aromatic rings. The summed E-state index contributed by atoms with van der Waals surface area (Å²) in [6, 6.07) is 5.92. The van der Waals surface area contributed by atoms with Crippen LogP contribution in [0.2, 0.25) is 0 Å². The van der Waals surface area contributed by atoms with Gasteiger partial charge in [0.2, 0.25) is 0 Å². The van der Waals surface area contributed by atoms with Gasteiger partial charge in [-0.2, -0.15) is 0 Å². The molecule has 1 amide bonds. The summed E-state index contributed by atoms with van der Waals surface area (Å²) in [5, 5.41) is 5.36. The number of aromatic nitrogens is 1. The van der Waals surface area contributed by atoms with E-state index in [0.29, 0.717) is 12.2 Å². The van der Waals surface area contributed by atoms with E-state index in [9.17, 15) is 4.79 Å². The minimum Gasteiger partial charge on any atom is -0.325 e.